The average molecular weight is 301 g/mol. The smallest absolute Gasteiger partial charge is 0.219 e. The van der Waals surface area contributed by atoms with Crippen molar-refractivity contribution < 1.29 is 13.5 Å². The molecule has 1 aromatic heterocycles. The molecule has 0 saturated carbocycles. The minimum atomic E-state index is -3.32. The van der Waals surface area contributed by atoms with Crippen molar-refractivity contribution in [2.24, 2.45) is 0 Å². The van der Waals surface area contributed by atoms with Gasteiger partial charge in [-0.25, -0.2) is 8.42 Å². The van der Waals surface area contributed by atoms with Gasteiger partial charge in [-0.1, -0.05) is 11.8 Å². The standard InChI is InChI=1S/C13H19NO3S2/c1-13(2,3)19(16,17)14(4)9-12-8-11(10-18-12)6-5-7-15/h8,10,15H,7,9H2,1-4H3. The lowest BCUT2D eigenvalue weighted by Gasteiger charge is -2.26. The van der Waals surface area contributed by atoms with Crippen molar-refractivity contribution in [3.05, 3.63) is 21.9 Å². The maximum absolute atomic E-state index is 12.2. The van der Waals surface area contributed by atoms with Gasteiger partial charge in [0.1, 0.15) is 6.61 Å². The Bertz CT molecular complexity index is 585. The van der Waals surface area contributed by atoms with E-state index >= 15 is 0 Å². The van der Waals surface area contributed by atoms with E-state index in [9.17, 15) is 8.42 Å². The number of aliphatic hydroxyl groups excluding tert-OH is 1. The van der Waals surface area contributed by atoms with Crippen LogP contribution in [0.3, 0.4) is 0 Å². The first-order valence-electron chi connectivity index (χ1n) is 5.81. The molecule has 0 aliphatic heterocycles. The first kappa shape index (κ1) is 16.2. The van der Waals surface area contributed by atoms with Crippen LogP contribution in [-0.2, 0) is 16.6 Å². The van der Waals surface area contributed by atoms with E-state index in [1.54, 1.807) is 27.8 Å². The third kappa shape index (κ3) is 4.05. The van der Waals surface area contributed by atoms with Gasteiger partial charge < -0.3 is 5.11 Å². The van der Waals surface area contributed by atoms with Gasteiger partial charge >= 0.3 is 0 Å². The van der Waals surface area contributed by atoms with Crippen molar-refractivity contribution in [1.82, 2.24) is 4.31 Å². The summed E-state index contributed by atoms with van der Waals surface area (Å²) in [6.45, 7) is 5.22. The van der Waals surface area contributed by atoms with Crippen LogP contribution >= 0.6 is 11.3 Å². The Morgan fingerprint density at radius 1 is 1.42 bits per heavy atom. The van der Waals surface area contributed by atoms with E-state index in [0.717, 1.165) is 10.4 Å². The molecule has 4 nitrogen and oxygen atoms in total. The number of hydrogen-bond acceptors (Lipinski definition) is 4. The molecule has 0 saturated heterocycles. The van der Waals surface area contributed by atoms with Crippen LogP contribution in [0.4, 0.5) is 0 Å². The number of rotatable bonds is 3. The molecule has 0 aliphatic rings. The molecule has 0 amide bonds. The largest absolute Gasteiger partial charge is 0.384 e. The van der Waals surface area contributed by atoms with Gasteiger partial charge in [-0.2, -0.15) is 4.31 Å². The van der Waals surface area contributed by atoms with Crippen molar-refractivity contribution in [2.45, 2.75) is 32.1 Å². The zero-order valence-corrected chi connectivity index (χ0v) is 13.2. The molecule has 0 aliphatic carbocycles. The lowest BCUT2D eigenvalue weighted by atomic mass is 10.3. The van der Waals surface area contributed by atoms with Gasteiger partial charge in [-0.3, -0.25) is 0 Å². The molecule has 0 bridgehead atoms. The Morgan fingerprint density at radius 3 is 2.58 bits per heavy atom. The topological polar surface area (TPSA) is 57.6 Å². The lowest BCUT2D eigenvalue weighted by molar-refractivity contribution is 0.350. The van der Waals surface area contributed by atoms with Gasteiger partial charge in [0.2, 0.25) is 10.0 Å². The van der Waals surface area contributed by atoms with Gasteiger partial charge in [0.25, 0.3) is 0 Å². The fourth-order valence-electron chi connectivity index (χ4n) is 1.44. The average Bonchev–Trinajstić information content (AvgIpc) is 2.72. The number of thiophene rings is 1. The van der Waals surface area contributed by atoms with Crippen LogP contribution in [0.25, 0.3) is 0 Å². The van der Waals surface area contributed by atoms with E-state index in [-0.39, 0.29) is 6.61 Å². The first-order chi connectivity index (χ1) is 8.68. The highest BCUT2D eigenvalue weighted by molar-refractivity contribution is 7.90. The Labute approximate surface area is 119 Å². The Hall–Kier alpha value is -0.870. The summed E-state index contributed by atoms with van der Waals surface area (Å²) in [5.74, 6) is 5.37. The second-order valence-electron chi connectivity index (χ2n) is 5.14. The van der Waals surface area contributed by atoms with E-state index in [0.29, 0.717) is 6.54 Å². The van der Waals surface area contributed by atoms with Crippen LogP contribution in [0, 0.1) is 11.8 Å². The highest BCUT2D eigenvalue weighted by Gasteiger charge is 2.33. The van der Waals surface area contributed by atoms with Crippen LogP contribution < -0.4 is 0 Å². The maximum atomic E-state index is 12.2. The number of sulfonamides is 1. The summed E-state index contributed by atoms with van der Waals surface area (Å²) >= 11 is 1.46. The van der Waals surface area contributed by atoms with Gasteiger partial charge in [-0.15, -0.1) is 11.3 Å². The van der Waals surface area contributed by atoms with Crippen LogP contribution in [0.1, 0.15) is 31.2 Å². The SMILES string of the molecule is CN(Cc1cc(C#CCO)cs1)S(=O)(=O)C(C)(C)C. The molecule has 0 spiro atoms. The molecule has 0 atom stereocenters. The van der Waals surface area contributed by atoms with Gasteiger partial charge in [-0.05, 0) is 26.8 Å². The highest BCUT2D eigenvalue weighted by Crippen LogP contribution is 2.23. The predicted octanol–water partition coefficient (Wildman–Crippen LogP) is 1.65. The lowest BCUT2D eigenvalue weighted by Crippen LogP contribution is -2.40. The fraction of sp³-hybridized carbons (Fsp3) is 0.538. The third-order valence-electron chi connectivity index (χ3n) is 2.53. The predicted molar refractivity (Wildman–Crippen MR) is 78.4 cm³/mol. The summed E-state index contributed by atoms with van der Waals surface area (Å²) < 4.78 is 25.0. The Kier molecular flexibility index (Phi) is 5.16. The molecule has 6 heteroatoms. The molecule has 1 rings (SSSR count). The van der Waals surface area contributed by atoms with Crippen LogP contribution in [-0.4, -0.2) is 36.2 Å². The molecule has 0 radical (unpaired) electrons. The molecule has 1 heterocycles. The van der Waals surface area contributed by atoms with Crippen molar-refractivity contribution >= 4 is 21.4 Å². The van der Waals surface area contributed by atoms with E-state index in [1.807, 2.05) is 11.4 Å². The number of nitrogens with zero attached hydrogens (tertiary/aromatic N) is 1. The van der Waals surface area contributed by atoms with E-state index in [2.05, 4.69) is 11.8 Å². The molecular weight excluding hydrogens is 282 g/mol. The van der Waals surface area contributed by atoms with E-state index < -0.39 is 14.8 Å². The summed E-state index contributed by atoms with van der Waals surface area (Å²) in [7, 11) is -1.74. The van der Waals surface area contributed by atoms with E-state index in [4.69, 9.17) is 5.11 Å². The van der Waals surface area contributed by atoms with Crippen LogP contribution in [0.2, 0.25) is 0 Å². The van der Waals surface area contributed by atoms with E-state index in [1.165, 1.54) is 15.6 Å². The second kappa shape index (κ2) is 6.06. The molecule has 106 valence electrons. The molecule has 0 unspecified atom stereocenters. The summed E-state index contributed by atoms with van der Waals surface area (Å²) in [4.78, 5) is 0.928. The zero-order chi connectivity index (χ0) is 14.7. The fourth-order valence-corrected chi connectivity index (χ4v) is 3.64. The maximum Gasteiger partial charge on any atom is 0.219 e. The second-order valence-corrected chi connectivity index (χ2v) is 8.93. The highest BCUT2D eigenvalue weighted by atomic mass is 32.2. The molecule has 1 N–H and O–H groups in total. The van der Waals surface area contributed by atoms with Crippen LogP contribution in [0.5, 0.6) is 0 Å². The third-order valence-corrected chi connectivity index (χ3v) is 5.95. The summed E-state index contributed by atoms with van der Waals surface area (Å²) in [5, 5.41) is 10.5. The van der Waals surface area contributed by atoms with Gasteiger partial charge in [0.05, 0.1) is 4.75 Å². The summed E-state index contributed by atoms with van der Waals surface area (Å²) in [6.07, 6.45) is 0. The molecular formula is C13H19NO3S2. The quantitative estimate of drug-likeness (QED) is 0.864. The normalized spacial score (nSPS) is 12.3. The monoisotopic (exact) mass is 301 g/mol. The molecule has 0 fully saturated rings. The van der Waals surface area contributed by atoms with Gasteiger partial charge in [0.15, 0.2) is 0 Å². The minimum absolute atomic E-state index is 0.177. The minimum Gasteiger partial charge on any atom is -0.384 e. The Morgan fingerprint density at radius 2 is 2.05 bits per heavy atom. The number of hydrogen-bond donors (Lipinski definition) is 1. The zero-order valence-electron chi connectivity index (χ0n) is 11.6. The summed E-state index contributed by atoms with van der Waals surface area (Å²) in [6, 6.07) is 1.85. The number of aliphatic hydroxyl groups is 1. The van der Waals surface area contributed by atoms with Crippen molar-refractivity contribution in [2.75, 3.05) is 13.7 Å². The Balaban J connectivity index is 2.84. The van der Waals surface area contributed by atoms with Gasteiger partial charge in [0, 0.05) is 29.4 Å². The molecule has 0 aromatic carbocycles. The van der Waals surface area contributed by atoms with Crippen molar-refractivity contribution in [1.29, 1.82) is 0 Å². The van der Waals surface area contributed by atoms with Crippen LogP contribution in [0.15, 0.2) is 11.4 Å². The van der Waals surface area contributed by atoms with Crippen molar-refractivity contribution in [3.8, 4) is 11.8 Å². The molecule has 19 heavy (non-hydrogen) atoms. The van der Waals surface area contributed by atoms with Crippen molar-refractivity contribution in [3.63, 3.8) is 0 Å². The summed E-state index contributed by atoms with van der Waals surface area (Å²) in [5.41, 5.74) is 0.801. The first-order valence-corrected chi connectivity index (χ1v) is 8.13. The molecule has 1 aromatic rings.